The molecule has 6 nitrogen and oxygen atoms in total. The zero-order chi connectivity index (χ0) is 19.6. The minimum atomic E-state index is -3.63. The lowest BCUT2D eigenvalue weighted by Gasteiger charge is -2.26. The standard InChI is InChI=1S/C20H24N2O4S/c1-14-4-5-15(2)18(12-14)20(23)21-17-7-6-16(3)19(13-17)27(24,25)22-8-10-26-11-9-22/h4-7,12-13H,8-11H2,1-3H3,(H,21,23). The number of amides is 1. The molecule has 1 N–H and O–H groups in total. The summed E-state index contributed by atoms with van der Waals surface area (Å²) in [6.45, 7) is 7.00. The monoisotopic (exact) mass is 388 g/mol. The van der Waals surface area contributed by atoms with Crippen LogP contribution in [0.4, 0.5) is 5.69 Å². The third-order valence-corrected chi connectivity index (χ3v) is 6.71. The molecule has 0 radical (unpaired) electrons. The summed E-state index contributed by atoms with van der Waals surface area (Å²) < 4.78 is 32.6. The Morgan fingerprint density at radius 2 is 1.67 bits per heavy atom. The minimum Gasteiger partial charge on any atom is -0.379 e. The molecule has 0 saturated carbocycles. The molecule has 3 rings (SSSR count). The van der Waals surface area contributed by atoms with Gasteiger partial charge >= 0.3 is 0 Å². The van der Waals surface area contributed by atoms with Crippen molar-refractivity contribution in [3.8, 4) is 0 Å². The number of carbonyl (C=O) groups excluding carboxylic acids is 1. The number of hydrogen-bond donors (Lipinski definition) is 1. The number of sulfonamides is 1. The van der Waals surface area contributed by atoms with Crippen LogP contribution in [-0.2, 0) is 14.8 Å². The van der Waals surface area contributed by atoms with Crippen molar-refractivity contribution >= 4 is 21.6 Å². The molecule has 1 amide bonds. The highest BCUT2D eigenvalue weighted by Crippen LogP contribution is 2.25. The first-order valence-corrected chi connectivity index (χ1v) is 10.3. The smallest absolute Gasteiger partial charge is 0.255 e. The molecule has 0 bridgehead atoms. The molecule has 0 atom stereocenters. The first kappa shape index (κ1) is 19.5. The van der Waals surface area contributed by atoms with Gasteiger partial charge in [0.25, 0.3) is 5.91 Å². The van der Waals surface area contributed by atoms with Gasteiger partial charge in [-0.05, 0) is 50.1 Å². The van der Waals surface area contributed by atoms with Crippen LogP contribution in [0, 0.1) is 20.8 Å². The Morgan fingerprint density at radius 1 is 1.00 bits per heavy atom. The Morgan fingerprint density at radius 3 is 2.37 bits per heavy atom. The van der Waals surface area contributed by atoms with Gasteiger partial charge in [0.05, 0.1) is 18.1 Å². The maximum absolute atomic E-state index is 13.0. The van der Waals surface area contributed by atoms with Gasteiger partial charge < -0.3 is 10.1 Å². The number of benzene rings is 2. The molecule has 7 heteroatoms. The van der Waals surface area contributed by atoms with Crippen LogP contribution in [0.1, 0.15) is 27.0 Å². The van der Waals surface area contributed by atoms with Gasteiger partial charge in [0, 0.05) is 24.3 Å². The Balaban J connectivity index is 1.89. The number of nitrogens with one attached hydrogen (secondary N) is 1. The topological polar surface area (TPSA) is 75.7 Å². The highest BCUT2D eigenvalue weighted by atomic mass is 32.2. The number of anilines is 1. The van der Waals surface area contributed by atoms with Gasteiger partial charge in [-0.2, -0.15) is 4.31 Å². The molecule has 1 aliphatic rings. The van der Waals surface area contributed by atoms with Crippen molar-refractivity contribution in [3.63, 3.8) is 0 Å². The highest BCUT2D eigenvalue weighted by molar-refractivity contribution is 7.89. The van der Waals surface area contributed by atoms with Gasteiger partial charge in [-0.1, -0.05) is 23.8 Å². The van der Waals surface area contributed by atoms with E-state index in [4.69, 9.17) is 4.74 Å². The van der Waals surface area contributed by atoms with E-state index in [9.17, 15) is 13.2 Å². The molecule has 1 fully saturated rings. The SMILES string of the molecule is Cc1ccc(C)c(C(=O)Nc2ccc(C)c(S(=O)(=O)N3CCOCC3)c2)c1. The number of aryl methyl sites for hydroxylation is 3. The largest absolute Gasteiger partial charge is 0.379 e. The van der Waals surface area contributed by atoms with Gasteiger partial charge in [0.15, 0.2) is 0 Å². The zero-order valence-electron chi connectivity index (χ0n) is 15.8. The van der Waals surface area contributed by atoms with Crippen molar-refractivity contribution in [3.05, 3.63) is 58.7 Å². The van der Waals surface area contributed by atoms with Crippen LogP contribution in [0.15, 0.2) is 41.3 Å². The number of hydrogen-bond acceptors (Lipinski definition) is 4. The third-order valence-electron chi connectivity index (χ3n) is 4.67. The second-order valence-corrected chi connectivity index (χ2v) is 8.68. The van der Waals surface area contributed by atoms with Crippen LogP contribution in [0.5, 0.6) is 0 Å². The van der Waals surface area contributed by atoms with Crippen molar-refractivity contribution in [1.29, 1.82) is 0 Å². The molecule has 0 spiro atoms. The molecule has 27 heavy (non-hydrogen) atoms. The fourth-order valence-corrected chi connectivity index (χ4v) is 4.72. The predicted molar refractivity (Wildman–Crippen MR) is 105 cm³/mol. The van der Waals surface area contributed by atoms with Crippen LogP contribution in [0.3, 0.4) is 0 Å². The van der Waals surface area contributed by atoms with Crippen LogP contribution in [0.2, 0.25) is 0 Å². The minimum absolute atomic E-state index is 0.211. The Labute approximate surface area is 160 Å². The van der Waals surface area contributed by atoms with E-state index in [1.54, 1.807) is 19.1 Å². The maximum Gasteiger partial charge on any atom is 0.255 e. The van der Waals surface area contributed by atoms with Gasteiger partial charge in [-0.25, -0.2) is 8.42 Å². The fourth-order valence-electron chi connectivity index (χ4n) is 3.06. The Kier molecular flexibility index (Phi) is 5.64. The van der Waals surface area contributed by atoms with E-state index >= 15 is 0 Å². The summed E-state index contributed by atoms with van der Waals surface area (Å²) in [6, 6.07) is 10.6. The summed E-state index contributed by atoms with van der Waals surface area (Å²) >= 11 is 0. The normalized spacial score (nSPS) is 15.5. The summed E-state index contributed by atoms with van der Waals surface area (Å²) in [5.74, 6) is -0.255. The molecule has 144 valence electrons. The quantitative estimate of drug-likeness (QED) is 0.874. The molecule has 1 aliphatic heterocycles. The summed E-state index contributed by atoms with van der Waals surface area (Å²) in [7, 11) is -3.63. The first-order chi connectivity index (χ1) is 12.8. The molecule has 0 aliphatic carbocycles. The highest BCUT2D eigenvalue weighted by Gasteiger charge is 2.28. The third kappa shape index (κ3) is 4.21. The summed E-state index contributed by atoms with van der Waals surface area (Å²) in [5, 5.41) is 2.82. The van der Waals surface area contributed by atoms with E-state index in [0.29, 0.717) is 43.1 Å². The zero-order valence-corrected chi connectivity index (χ0v) is 16.6. The van der Waals surface area contributed by atoms with Crippen molar-refractivity contribution < 1.29 is 17.9 Å². The number of ether oxygens (including phenoxy) is 1. The average molecular weight is 388 g/mol. The van der Waals surface area contributed by atoms with E-state index in [1.807, 2.05) is 32.0 Å². The van der Waals surface area contributed by atoms with Crippen LogP contribution in [0.25, 0.3) is 0 Å². The molecular weight excluding hydrogens is 364 g/mol. The van der Waals surface area contributed by atoms with Crippen LogP contribution >= 0.6 is 0 Å². The number of rotatable bonds is 4. The van der Waals surface area contributed by atoms with Gasteiger partial charge in [-0.15, -0.1) is 0 Å². The maximum atomic E-state index is 13.0. The van der Waals surface area contributed by atoms with Crippen molar-refractivity contribution in [2.75, 3.05) is 31.6 Å². The summed E-state index contributed by atoms with van der Waals surface area (Å²) in [4.78, 5) is 12.9. The first-order valence-electron chi connectivity index (χ1n) is 8.86. The van der Waals surface area contributed by atoms with Crippen molar-refractivity contribution in [2.24, 2.45) is 0 Å². The predicted octanol–water partition coefficient (Wildman–Crippen LogP) is 2.89. The molecule has 2 aromatic carbocycles. The molecule has 1 saturated heterocycles. The molecule has 0 unspecified atom stereocenters. The van der Waals surface area contributed by atoms with Gasteiger partial charge in [-0.3, -0.25) is 4.79 Å². The van der Waals surface area contributed by atoms with Crippen molar-refractivity contribution in [1.82, 2.24) is 4.31 Å². The number of carbonyl (C=O) groups is 1. The van der Waals surface area contributed by atoms with Crippen LogP contribution < -0.4 is 5.32 Å². The number of morpholine rings is 1. The van der Waals surface area contributed by atoms with Gasteiger partial charge in [0.1, 0.15) is 0 Å². The Hall–Kier alpha value is -2.22. The Bertz CT molecular complexity index is 964. The molecule has 0 aromatic heterocycles. The molecular formula is C20H24N2O4S. The lowest BCUT2D eigenvalue weighted by Crippen LogP contribution is -2.40. The van der Waals surface area contributed by atoms with E-state index in [0.717, 1.165) is 11.1 Å². The lowest BCUT2D eigenvalue weighted by molar-refractivity contribution is 0.0730. The lowest BCUT2D eigenvalue weighted by atomic mass is 10.0. The van der Waals surface area contributed by atoms with E-state index in [2.05, 4.69) is 5.32 Å². The van der Waals surface area contributed by atoms with E-state index < -0.39 is 10.0 Å². The second-order valence-electron chi connectivity index (χ2n) is 6.77. The molecule has 1 heterocycles. The molecule has 2 aromatic rings. The van der Waals surface area contributed by atoms with Crippen molar-refractivity contribution in [2.45, 2.75) is 25.7 Å². The van der Waals surface area contributed by atoms with E-state index in [1.165, 1.54) is 10.4 Å². The second kappa shape index (κ2) is 7.80. The van der Waals surface area contributed by atoms with Gasteiger partial charge in [0.2, 0.25) is 10.0 Å². The summed E-state index contributed by atoms with van der Waals surface area (Å²) in [5.41, 5.74) is 3.54. The van der Waals surface area contributed by atoms with Crippen LogP contribution in [-0.4, -0.2) is 44.9 Å². The van der Waals surface area contributed by atoms with E-state index in [-0.39, 0.29) is 10.8 Å². The number of nitrogens with zero attached hydrogens (tertiary/aromatic N) is 1. The average Bonchev–Trinajstić information content (AvgIpc) is 2.65. The summed E-state index contributed by atoms with van der Waals surface area (Å²) in [6.07, 6.45) is 0. The fraction of sp³-hybridized carbons (Fsp3) is 0.350.